The first-order chi connectivity index (χ1) is 6.88. The van der Waals surface area contributed by atoms with Crippen LogP contribution in [0, 0.1) is 0 Å². The maximum absolute atomic E-state index is 10.3. The van der Waals surface area contributed by atoms with Gasteiger partial charge in [0.15, 0.2) is 16.4 Å². The molecule has 6 heteroatoms. The molecule has 0 spiro atoms. The van der Waals surface area contributed by atoms with Crippen molar-refractivity contribution in [3.63, 3.8) is 0 Å². The molecule has 0 N–H and O–H groups in total. The van der Waals surface area contributed by atoms with Gasteiger partial charge in [0.25, 0.3) is 0 Å². The Morgan fingerprint density at radius 1 is 1.57 bits per heavy atom. The minimum Gasteiger partial charge on any atom is -0.457 e. The van der Waals surface area contributed by atoms with Gasteiger partial charge < -0.3 is 4.42 Å². The van der Waals surface area contributed by atoms with Crippen molar-refractivity contribution in [3.05, 3.63) is 30.0 Å². The lowest BCUT2D eigenvalue weighted by Gasteiger charge is -1.91. The zero-order valence-corrected chi connectivity index (χ0v) is 8.68. The Morgan fingerprint density at radius 2 is 2.50 bits per heavy atom. The summed E-state index contributed by atoms with van der Waals surface area (Å²) < 4.78 is 9.97. The van der Waals surface area contributed by atoms with E-state index in [4.69, 9.17) is 4.42 Å². The lowest BCUT2D eigenvalue weighted by Crippen LogP contribution is -1.75. The van der Waals surface area contributed by atoms with E-state index in [0.29, 0.717) is 17.8 Å². The molecule has 2 rings (SSSR count). The number of hydrogen-bond donors (Lipinski definition) is 0. The van der Waals surface area contributed by atoms with Crippen LogP contribution in [0.4, 0.5) is 0 Å². The summed E-state index contributed by atoms with van der Waals surface area (Å²) in [6, 6.07) is 3.45. The van der Waals surface area contributed by atoms with Gasteiger partial charge in [0.1, 0.15) is 12.1 Å². The largest absolute Gasteiger partial charge is 0.457 e. The van der Waals surface area contributed by atoms with Crippen molar-refractivity contribution in [2.45, 2.75) is 10.1 Å². The van der Waals surface area contributed by atoms with Crippen molar-refractivity contribution >= 4 is 29.6 Å². The number of nitrogens with zero attached hydrogens (tertiary/aromatic N) is 2. The number of carbonyl (C=O) groups is 1. The monoisotopic (exact) mass is 226 g/mol. The van der Waals surface area contributed by atoms with Gasteiger partial charge in [0, 0.05) is 0 Å². The van der Waals surface area contributed by atoms with Crippen LogP contribution < -0.4 is 0 Å². The Labute approximate surface area is 88.5 Å². The molecule has 0 fully saturated rings. The molecule has 14 heavy (non-hydrogen) atoms. The fourth-order valence-corrected chi connectivity index (χ4v) is 2.23. The fourth-order valence-electron chi connectivity index (χ4n) is 0.895. The molecule has 0 unspecified atom stereocenters. The molecule has 72 valence electrons. The molecule has 4 nitrogen and oxygen atoms in total. The highest BCUT2D eigenvalue weighted by Crippen LogP contribution is 2.23. The van der Waals surface area contributed by atoms with Gasteiger partial charge in [-0.05, 0) is 23.7 Å². The maximum atomic E-state index is 10.3. The number of rotatable bonds is 4. The average Bonchev–Trinajstić information content (AvgIpc) is 2.86. The van der Waals surface area contributed by atoms with E-state index in [1.165, 1.54) is 29.6 Å². The van der Waals surface area contributed by atoms with Crippen LogP contribution in [0.15, 0.2) is 27.2 Å². The van der Waals surface area contributed by atoms with Gasteiger partial charge in [-0.25, -0.2) is 4.98 Å². The first-order valence-corrected chi connectivity index (χ1v) is 5.58. The maximum Gasteiger partial charge on any atom is 0.185 e. The third kappa shape index (κ3) is 2.21. The number of hydrogen-bond acceptors (Lipinski definition) is 6. The molecule has 0 aliphatic rings. The Morgan fingerprint density at radius 3 is 3.14 bits per heavy atom. The van der Waals surface area contributed by atoms with Gasteiger partial charge in [-0.15, -0.1) is 0 Å². The molecule has 0 saturated carbocycles. The minimum atomic E-state index is 0.359. The lowest BCUT2D eigenvalue weighted by molar-refractivity contribution is 0.109. The van der Waals surface area contributed by atoms with Crippen LogP contribution in [0.2, 0.25) is 0 Å². The zero-order chi connectivity index (χ0) is 9.80. The molecule has 0 atom stereocenters. The number of aldehydes is 1. The summed E-state index contributed by atoms with van der Waals surface area (Å²) in [5.41, 5.74) is 0. The topological polar surface area (TPSA) is 56.0 Å². The molecular weight excluding hydrogens is 220 g/mol. The standard InChI is InChI=1S/C8H6N2O2S2/c11-3-6-1-2-7(12-6)4-13-8-9-5-10-14-8/h1-3,5H,4H2. The van der Waals surface area contributed by atoms with E-state index in [1.54, 1.807) is 12.1 Å². The van der Waals surface area contributed by atoms with Crippen LogP contribution in [-0.2, 0) is 5.75 Å². The van der Waals surface area contributed by atoms with Gasteiger partial charge >= 0.3 is 0 Å². The first kappa shape index (κ1) is 9.42. The Kier molecular flexibility index (Phi) is 2.95. The molecule has 0 amide bonds. The van der Waals surface area contributed by atoms with Crippen molar-refractivity contribution in [3.8, 4) is 0 Å². The highest BCUT2D eigenvalue weighted by atomic mass is 32.2. The molecule has 0 radical (unpaired) electrons. The molecule has 2 heterocycles. The predicted molar refractivity (Wildman–Crippen MR) is 53.6 cm³/mol. The molecule has 0 aliphatic heterocycles. The molecule has 2 aromatic heterocycles. The quantitative estimate of drug-likeness (QED) is 0.591. The van der Waals surface area contributed by atoms with E-state index in [0.717, 1.165) is 10.1 Å². The summed E-state index contributed by atoms with van der Waals surface area (Å²) in [7, 11) is 0. The summed E-state index contributed by atoms with van der Waals surface area (Å²) in [5, 5.41) is 0. The van der Waals surface area contributed by atoms with E-state index < -0.39 is 0 Å². The SMILES string of the molecule is O=Cc1ccc(CSc2ncns2)o1. The van der Waals surface area contributed by atoms with Crippen molar-refractivity contribution in [1.82, 2.24) is 9.36 Å². The van der Waals surface area contributed by atoms with E-state index in [1.807, 2.05) is 0 Å². The molecular formula is C8H6N2O2S2. The van der Waals surface area contributed by atoms with Gasteiger partial charge in [-0.3, -0.25) is 4.79 Å². The van der Waals surface area contributed by atoms with Crippen LogP contribution in [-0.4, -0.2) is 15.6 Å². The summed E-state index contributed by atoms with van der Waals surface area (Å²) in [6.07, 6.45) is 2.21. The predicted octanol–water partition coefficient (Wildman–Crippen LogP) is 2.24. The van der Waals surface area contributed by atoms with Crippen LogP contribution >= 0.6 is 23.3 Å². The summed E-state index contributed by atoms with van der Waals surface area (Å²) in [6.45, 7) is 0. The second-order valence-electron chi connectivity index (χ2n) is 2.42. The molecule has 0 bridgehead atoms. The minimum absolute atomic E-state index is 0.359. The summed E-state index contributed by atoms with van der Waals surface area (Å²) >= 11 is 2.88. The summed E-state index contributed by atoms with van der Waals surface area (Å²) in [4.78, 5) is 14.3. The second kappa shape index (κ2) is 4.39. The highest BCUT2D eigenvalue weighted by molar-refractivity contribution is 8.00. The Balaban J connectivity index is 1.95. The van der Waals surface area contributed by atoms with Crippen LogP contribution in [0.1, 0.15) is 16.3 Å². The number of thioether (sulfide) groups is 1. The Bertz CT molecular complexity index is 411. The van der Waals surface area contributed by atoms with Crippen LogP contribution in [0.3, 0.4) is 0 Å². The van der Waals surface area contributed by atoms with Crippen LogP contribution in [0.5, 0.6) is 0 Å². The van der Waals surface area contributed by atoms with Gasteiger partial charge in [-0.2, -0.15) is 4.37 Å². The zero-order valence-electron chi connectivity index (χ0n) is 7.04. The average molecular weight is 226 g/mol. The van der Waals surface area contributed by atoms with E-state index >= 15 is 0 Å². The second-order valence-corrected chi connectivity index (χ2v) is 4.42. The van der Waals surface area contributed by atoms with E-state index in [-0.39, 0.29) is 0 Å². The third-order valence-electron chi connectivity index (χ3n) is 1.48. The third-order valence-corrected chi connectivity index (χ3v) is 3.30. The molecule has 0 aliphatic carbocycles. The van der Waals surface area contributed by atoms with Gasteiger partial charge in [0.2, 0.25) is 0 Å². The first-order valence-electron chi connectivity index (χ1n) is 3.82. The van der Waals surface area contributed by atoms with Crippen molar-refractivity contribution in [2.24, 2.45) is 0 Å². The van der Waals surface area contributed by atoms with Crippen molar-refractivity contribution in [2.75, 3.05) is 0 Å². The molecule has 2 aromatic rings. The van der Waals surface area contributed by atoms with E-state index in [9.17, 15) is 4.79 Å². The molecule has 0 aromatic carbocycles. The van der Waals surface area contributed by atoms with Crippen molar-refractivity contribution < 1.29 is 9.21 Å². The number of aromatic nitrogens is 2. The van der Waals surface area contributed by atoms with Gasteiger partial charge in [0.05, 0.1) is 5.75 Å². The smallest absolute Gasteiger partial charge is 0.185 e. The van der Waals surface area contributed by atoms with Crippen molar-refractivity contribution in [1.29, 1.82) is 0 Å². The lowest BCUT2D eigenvalue weighted by atomic mass is 10.4. The van der Waals surface area contributed by atoms with Gasteiger partial charge in [-0.1, -0.05) is 11.8 Å². The number of furan rings is 1. The normalized spacial score (nSPS) is 10.3. The summed E-state index contributed by atoms with van der Waals surface area (Å²) in [5.74, 6) is 1.80. The Hall–Kier alpha value is -1.14. The number of carbonyl (C=O) groups excluding carboxylic acids is 1. The highest BCUT2D eigenvalue weighted by Gasteiger charge is 2.03. The van der Waals surface area contributed by atoms with E-state index in [2.05, 4.69) is 9.36 Å². The fraction of sp³-hybridized carbons (Fsp3) is 0.125. The van der Waals surface area contributed by atoms with Crippen LogP contribution in [0.25, 0.3) is 0 Å². The molecule has 0 saturated heterocycles.